The van der Waals surface area contributed by atoms with Gasteiger partial charge in [0.2, 0.25) is 29.3 Å². The van der Waals surface area contributed by atoms with Gasteiger partial charge in [0.1, 0.15) is 0 Å². The number of rotatable bonds is 8. The summed E-state index contributed by atoms with van der Waals surface area (Å²) in [6.07, 6.45) is 2.29. The number of carbonyl (C=O) groups is 5. The number of carbonyl (C=O) groups excluding carboxylic acids is 5. The number of hydrogen-bond acceptors (Lipinski definition) is 6. The molecule has 1 heterocycles. The van der Waals surface area contributed by atoms with E-state index in [-0.39, 0.29) is 29.2 Å². The van der Waals surface area contributed by atoms with E-state index in [0.29, 0.717) is 41.8 Å². The monoisotopic (exact) mass is 532 g/mol. The Morgan fingerprint density at radius 3 is 2.26 bits per heavy atom. The fourth-order valence-electron chi connectivity index (χ4n) is 4.92. The number of anilines is 1. The van der Waals surface area contributed by atoms with Crippen LogP contribution < -0.4 is 16.4 Å². The first-order valence-corrected chi connectivity index (χ1v) is 13.4. The van der Waals surface area contributed by atoms with Gasteiger partial charge in [0, 0.05) is 47.7 Å². The van der Waals surface area contributed by atoms with Gasteiger partial charge in [-0.3, -0.25) is 24.0 Å². The van der Waals surface area contributed by atoms with Crippen LogP contribution in [0.2, 0.25) is 0 Å². The van der Waals surface area contributed by atoms with Gasteiger partial charge in [0.05, 0.1) is 0 Å². The predicted molar refractivity (Wildman–Crippen MR) is 148 cm³/mol. The molecule has 1 aliphatic carbocycles. The van der Waals surface area contributed by atoms with Crippen LogP contribution in [0, 0.1) is 11.3 Å². The van der Waals surface area contributed by atoms with Crippen LogP contribution in [0.1, 0.15) is 66.3 Å². The lowest BCUT2D eigenvalue weighted by Crippen LogP contribution is -2.42. The third-order valence-corrected chi connectivity index (χ3v) is 7.41. The Balaban J connectivity index is 1.36. The number of nitrogens with two attached hydrogens (primary N) is 1. The second-order valence-corrected chi connectivity index (χ2v) is 11.4. The van der Waals surface area contributed by atoms with Gasteiger partial charge in [0.15, 0.2) is 0 Å². The number of ketones is 2. The summed E-state index contributed by atoms with van der Waals surface area (Å²) in [5.74, 6) is -1.73. The molecular weight excluding hydrogens is 496 g/mol. The predicted octanol–water partition coefficient (Wildman–Crippen LogP) is 2.96. The number of fused-ring (bicyclic) bond motifs is 3. The topological polar surface area (TPSA) is 139 Å². The van der Waals surface area contributed by atoms with E-state index >= 15 is 0 Å². The first-order chi connectivity index (χ1) is 18.4. The number of Topliss-reactive ketones (excluding diaryl/α,β-unsaturated/α-hetero) is 2. The molecule has 2 aliphatic rings. The minimum absolute atomic E-state index is 0.0516. The summed E-state index contributed by atoms with van der Waals surface area (Å²) in [7, 11) is 0. The van der Waals surface area contributed by atoms with Crippen molar-refractivity contribution in [1.29, 1.82) is 0 Å². The molecule has 0 aromatic heterocycles. The molecule has 206 valence electrons. The average molecular weight is 533 g/mol. The van der Waals surface area contributed by atoms with Crippen LogP contribution >= 0.6 is 0 Å². The van der Waals surface area contributed by atoms with Crippen LogP contribution in [0.4, 0.5) is 5.69 Å². The lowest BCUT2D eigenvalue weighted by Gasteiger charge is -2.30. The second-order valence-electron chi connectivity index (χ2n) is 11.4. The van der Waals surface area contributed by atoms with E-state index in [0.717, 1.165) is 38.0 Å². The highest BCUT2D eigenvalue weighted by atomic mass is 16.2. The van der Waals surface area contributed by atoms with E-state index in [1.165, 1.54) is 0 Å². The lowest BCUT2D eigenvalue weighted by molar-refractivity contribution is -0.123. The molecule has 0 atom stereocenters. The molecule has 0 bridgehead atoms. The number of hydrogen-bond donors (Lipinski definition) is 3. The molecule has 9 heteroatoms. The first kappa shape index (κ1) is 28.2. The average Bonchev–Trinajstić information content (AvgIpc) is 2.90. The van der Waals surface area contributed by atoms with E-state index in [1.807, 2.05) is 6.07 Å². The Kier molecular flexibility index (Phi) is 8.30. The molecule has 2 aromatic carbocycles. The molecule has 0 unspecified atom stereocenters. The number of likely N-dealkylation sites (tertiary alicyclic amines) is 1. The van der Waals surface area contributed by atoms with Crippen molar-refractivity contribution < 1.29 is 24.0 Å². The van der Waals surface area contributed by atoms with Crippen molar-refractivity contribution in [1.82, 2.24) is 10.2 Å². The van der Waals surface area contributed by atoms with Crippen molar-refractivity contribution in [3.8, 4) is 11.1 Å². The van der Waals surface area contributed by atoms with Crippen LogP contribution in [0.15, 0.2) is 36.4 Å². The second kappa shape index (κ2) is 11.5. The molecule has 0 radical (unpaired) electrons. The lowest BCUT2D eigenvalue weighted by atomic mass is 9.82. The molecule has 1 saturated heterocycles. The SMILES string of the molecule is CC(C)(C)C(=O)Nc1ccc2c(c1)C(=O)C(=O)c1ccc(CCC(=O)NCCN3CCC(C(N)=O)CC3)cc1-2. The normalized spacial score (nSPS) is 15.9. The van der Waals surface area contributed by atoms with Crippen LogP contribution in [-0.4, -0.2) is 60.4 Å². The highest BCUT2D eigenvalue weighted by molar-refractivity contribution is 6.53. The molecule has 39 heavy (non-hydrogen) atoms. The summed E-state index contributed by atoms with van der Waals surface area (Å²) < 4.78 is 0. The standard InChI is InChI=1S/C30H36N4O5/c1-30(2,3)29(39)33-20-6-8-21-23-16-18(4-7-22(23)26(36)27(37)24(21)17-20)5-9-25(35)32-12-15-34-13-10-19(11-14-34)28(31)38/h4,6-8,16-17,19H,5,9-15H2,1-3H3,(H2,31,38)(H,32,35)(H,33,39). The molecule has 0 spiro atoms. The van der Waals surface area contributed by atoms with E-state index in [2.05, 4.69) is 15.5 Å². The zero-order valence-corrected chi connectivity index (χ0v) is 22.8. The maximum atomic E-state index is 12.8. The fraction of sp³-hybridized carbons (Fsp3) is 0.433. The molecule has 0 saturated carbocycles. The Labute approximate surface area is 228 Å². The van der Waals surface area contributed by atoms with Crippen LogP contribution in [0.5, 0.6) is 0 Å². The van der Waals surface area contributed by atoms with Crippen molar-refractivity contribution in [2.45, 2.75) is 46.5 Å². The van der Waals surface area contributed by atoms with Gasteiger partial charge in [-0.05, 0) is 61.2 Å². The molecule has 3 amide bonds. The van der Waals surface area contributed by atoms with Crippen LogP contribution in [0.25, 0.3) is 11.1 Å². The summed E-state index contributed by atoms with van der Waals surface area (Å²) in [6.45, 7) is 8.23. The van der Waals surface area contributed by atoms with E-state index in [9.17, 15) is 24.0 Å². The Morgan fingerprint density at radius 1 is 0.923 bits per heavy atom. The number of primary amides is 1. The summed E-state index contributed by atoms with van der Waals surface area (Å²) in [5.41, 5.74) is 8.01. The number of piperidine rings is 1. The largest absolute Gasteiger partial charge is 0.369 e. The zero-order chi connectivity index (χ0) is 28.3. The summed E-state index contributed by atoms with van der Waals surface area (Å²) in [4.78, 5) is 64.0. The first-order valence-electron chi connectivity index (χ1n) is 13.4. The molecule has 4 rings (SSSR count). The maximum absolute atomic E-state index is 12.8. The number of amides is 3. The van der Waals surface area contributed by atoms with Crippen molar-refractivity contribution in [2.75, 3.05) is 31.5 Å². The number of nitrogens with zero attached hydrogens (tertiary/aromatic N) is 1. The van der Waals surface area contributed by atoms with Gasteiger partial charge in [-0.15, -0.1) is 0 Å². The molecule has 1 fully saturated rings. The maximum Gasteiger partial charge on any atom is 0.234 e. The molecule has 1 aliphatic heterocycles. The number of benzene rings is 2. The molecular formula is C30H36N4O5. The van der Waals surface area contributed by atoms with Crippen LogP contribution in [-0.2, 0) is 20.8 Å². The Hall–Kier alpha value is -3.85. The number of nitrogens with one attached hydrogen (secondary N) is 2. The van der Waals surface area contributed by atoms with Gasteiger partial charge < -0.3 is 21.3 Å². The van der Waals surface area contributed by atoms with Crippen molar-refractivity contribution >= 4 is 35.0 Å². The molecule has 9 nitrogen and oxygen atoms in total. The third-order valence-electron chi connectivity index (χ3n) is 7.41. The van der Waals surface area contributed by atoms with E-state index < -0.39 is 17.0 Å². The van der Waals surface area contributed by atoms with Gasteiger partial charge >= 0.3 is 0 Å². The fourth-order valence-corrected chi connectivity index (χ4v) is 4.92. The Bertz CT molecular complexity index is 1320. The zero-order valence-electron chi connectivity index (χ0n) is 22.8. The molecule has 2 aromatic rings. The van der Waals surface area contributed by atoms with Gasteiger partial charge in [-0.25, -0.2) is 0 Å². The number of aryl methyl sites for hydroxylation is 1. The van der Waals surface area contributed by atoms with Gasteiger partial charge in [-0.1, -0.05) is 45.0 Å². The van der Waals surface area contributed by atoms with Gasteiger partial charge in [-0.2, -0.15) is 0 Å². The highest BCUT2D eigenvalue weighted by Gasteiger charge is 2.31. The summed E-state index contributed by atoms with van der Waals surface area (Å²) in [6, 6.07) is 10.3. The van der Waals surface area contributed by atoms with Crippen molar-refractivity contribution in [3.05, 3.63) is 53.1 Å². The van der Waals surface area contributed by atoms with E-state index in [1.54, 1.807) is 51.1 Å². The Morgan fingerprint density at radius 2 is 1.59 bits per heavy atom. The summed E-state index contributed by atoms with van der Waals surface area (Å²) in [5, 5.41) is 5.76. The third kappa shape index (κ3) is 6.60. The minimum Gasteiger partial charge on any atom is -0.369 e. The summed E-state index contributed by atoms with van der Waals surface area (Å²) >= 11 is 0. The smallest absolute Gasteiger partial charge is 0.234 e. The quantitative estimate of drug-likeness (QED) is 0.447. The van der Waals surface area contributed by atoms with Gasteiger partial charge in [0.25, 0.3) is 0 Å². The van der Waals surface area contributed by atoms with E-state index in [4.69, 9.17) is 5.73 Å². The van der Waals surface area contributed by atoms with Crippen LogP contribution in [0.3, 0.4) is 0 Å². The van der Waals surface area contributed by atoms with Crippen molar-refractivity contribution in [2.24, 2.45) is 17.1 Å². The highest BCUT2D eigenvalue weighted by Crippen LogP contribution is 2.36. The molecule has 4 N–H and O–H groups in total. The van der Waals surface area contributed by atoms with Crippen molar-refractivity contribution in [3.63, 3.8) is 0 Å². The minimum atomic E-state index is -0.604.